The molecule has 1 aliphatic rings. The van der Waals surface area contributed by atoms with Gasteiger partial charge in [0.25, 0.3) is 0 Å². The van der Waals surface area contributed by atoms with Crippen LogP contribution in [0, 0.1) is 19.8 Å². The van der Waals surface area contributed by atoms with Gasteiger partial charge in [-0.2, -0.15) is 0 Å². The Morgan fingerprint density at radius 1 is 1.37 bits per heavy atom. The summed E-state index contributed by atoms with van der Waals surface area (Å²) in [4.78, 5) is 0. The zero-order valence-electron chi connectivity index (χ0n) is 12.3. The minimum atomic E-state index is 0.392. The van der Waals surface area contributed by atoms with Crippen LogP contribution in [0.15, 0.2) is 16.6 Å². The number of hydrogen-bond donors (Lipinski definition) is 1. The number of nitrogens with one attached hydrogen (secondary N) is 1. The van der Waals surface area contributed by atoms with Crippen LogP contribution in [-0.4, -0.2) is 19.3 Å². The second-order valence-corrected chi connectivity index (χ2v) is 6.49. The van der Waals surface area contributed by atoms with Crippen LogP contribution in [0.2, 0.25) is 0 Å². The molecular formula is C16H24BrNO. The van der Waals surface area contributed by atoms with Gasteiger partial charge in [0, 0.05) is 16.4 Å². The molecule has 0 spiro atoms. The van der Waals surface area contributed by atoms with Crippen LogP contribution in [0.5, 0.6) is 0 Å². The number of benzene rings is 1. The lowest BCUT2D eigenvalue weighted by atomic mass is 9.88. The van der Waals surface area contributed by atoms with Crippen molar-refractivity contribution < 1.29 is 4.74 Å². The third kappa shape index (κ3) is 3.39. The number of halogens is 1. The average Bonchev–Trinajstić information content (AvgIpc) is 2.78. The average molecular weight is 326 g/mol. The van der Waals surface area contributed by atoms with E-state index in [1.54, 1.807) is 0 Å². The standard InChI is InChI=1S/C16H24BrNO/c1-5-18-16(13-8-12(4)19-9-13)14-6-11(3)15(17)7-10(14)2/h6-7,12-13,16,18H,5,8-9H2,1-4H3. The smallest absolute Gasteiger partial charge is 0.0551 e. The molecule has 3 unspecified atom stereocenters. The van der Waals surface area contributed by atoms with Crippen LogP contribution >= 0.6 is 15.9 Å². The van der Waals surface area contributed by atoms with E-state index in [0.29, 0.717) is 18.1 Å². The quantitative estimate of drug-likeness (QED) is 0.898. The lowest BCUT2D eigenvalue weighted by Gasteiger charge is -2.26. The highest BCUT2D eigenvalue weighted by atomic mass is 79.9. The first-order chi connectivity index (χ1) is 9.02. The van der Waals surface area contributed by atoms with Crippen molar-refractivity contribution in [3.8, 4) is 0 Å². The van der Waals surface area contributed by atoms with E-state index in [1.165, 1.54) is 21.2 Å². The molecule has 1 aliphatic heterocycles. The highest BCUT2D eigenvalue weighted by Crippen LogP contribution is 2.35. The number of ether oxygens (including phenoxy) is 1. The summed E-state index contributed by atoms with van der Waals surface area (Å²) in [5.41, 5.74) is 4.07. The van der Waals surface area contributed by atoms with Crippen molar-refractivity contribution in [2.75, 3.05) is 13.2 Å². The third-order valence-electron chi connectivity index (χ3n) is 4.01. The van der Waals surface area contributed by atoms with Crippen LogP contribution < -0.4 is 5.32 Å². The Labute approximate surface area is 125 Å². The van der Waals surface area contributed by atoms with Crippen molar-refractivity contribution in [3.05, 3.63) is 33.3 Å². The van der Waals surface area contributed by atoms with Crippen molar-refractivity contribution >= 4 is 15.9 Å². The first kappa shape index (κ1) is 15.0. The Bertz CT molecular complexity index is 447. The molecule has 0 amide bonds. The van der Waals surface area contributed by atoms with E-state index in [9.17, 15) is 0 Å². The predicted octanol–water partition coefficient (Wildman–Crippen LogP) is 4.14. The van der Waals surface area contributed by atoms with E-state index in [2.05, 4.69) is 61.1 Å². The van der Waals surface area contributed by atoms with E-state index in [-0.39, 0.29) is 0 Å². The minimum Gasteiger partial charge on any atom is -0.378 e. The number of hydrogen-bond acceptors (Lipinski definition) is 2. The molecule has 0 radical (unpaired) electrons. The molecule has 106 valence electrons. The van der Waals surface area contributed by atoms with E-state index in [1.807, 2.05) is 0 Å². The van der Waals surface area contributed by atoms with E-state index in [0.717, 1.165) is 19.6 Å². The van der Waals surface area contributed by atoms with Crippen molar-refractivity contribution in [1.82, 2.24) is 5.32 Å². The van der Waals surface area contributed by atoms with Crippen LogP contribution in [0.3, 0.4) is 0 Å². The fraction of sp³-hybridized carbons (Fsp3) is 0.625. The van der Waals surface area contributed by atoms with E-state index >= 15 is 0 Å². The van der Waals surface area contributed by atoms with Gasteiger partial charge < -0.3 is 10.1 Å². The van der Waals surface area contributed by atoms with E-state index in [4.69, 9.17) is 4.74 Å². The van der Waals surface area contributed by atoms with Gasteiger partial charge in [0.15, 0.2) is 0 Å². The van der Waals surface area contributed by atoms with Gasteiger partial charge in [0.1, 0.15) is 0 Å². The second kappa shape index (κ2) is 6.38. The molecule has 3 heteroatoms. The Balaban J connectivity index is 2.30. The number of aryl methyl sites for hydroxylation is 2. The minimum absolute atomic E-state index is 0.392. The van der Waals surface area contributed by atoms with Gasteiger partial charge in [-0.05, 0) is 56.5 Å². The van der Waals surface area contributed by atoms with Gasteiger partial charge in [-0.3, -0.25) is 0 Å². The SMILES string of the molecule is CCNC(c1cc(C)c(Br)cc1C)C1COC(C)C1. The fourth-order valence-corrected chi connectivity index (χ4v) is 3.43. The maximum absolute atomic E-state index is 5.76. The van der Waals surface area contributed by atoms with Gasteiger partial charge in [-0.15, -0.1) is 0 Å². The molecule has 2 nitrogen and oxygen atoms in total. The zero-order chi connectivity index (χ0) is 14.0. The summed E-state index contributed by atoms with van der Waals surface area (Å²) < 4.78 is 6.95. The molecule has 3 atom stereocenters. The predicted molar refractivity (Wildman–Crippen MR) is 83.6 cm³/mol. The van der Waals surface area contributed by atoms with Gasteiger partial charge in [0.2, 0.25) is 0 Å². The Morgan fingerprint density at radius 3 is 2.68 bits per heavy atom. The fourth-order valence-electron chi connectivity index (χ4n) is 2.97. The summed E-state index contributed by atoms with van der Waals surface area (Å²) in [5, 5.41) is 3.65. The Kier molecular flexibility index (Phi) is 5.04. The first-order valence-electron chi connectivity index (χ1n) is 7.14. The van der Waals surface area contributed by atoms with Gasteiger partial charge in [-0.1, -0.05) is 28.9 Å². The maximum atomic E-state index is 5.76. The Morgan fingerprint density at radius 2 is 2.11 bits per heavy atom. The Hall–Kier alpha value is -0.380. The lowest BCUT2D eigenvalue weighted by Crippen LogP contribution is -2.29. The highest BCUT2D eigenvalue weighted by Gasteiger charge is 2.31. The summed E-state index contributed by atoms with van der Waals surface area (Å²) in [6, 6.07) is 4.95. The lowest BCUT2D eigenvalue weighted by molar-refractivity contribution is 0.117. The molecule has 0 bridgehead atoms. The summed E-state index contributed by atoms with van der Waals surface area (Å²) in [7, 11) is 0. The second-order valence-electron chi connectivity index (χ2n) is 5.63. The van der Waals surface area contributed by atoms with Gasteiger partial charge in [-0.25, -0.2) is 0 Å². The van der Waals surface area contributed by atoms with Crippen molar-refractivity contribution in [2.24, 2.45) is 5.92 Å². The van der Waals surface area contributed by atoms with Crippen molar-refractivity contribution in [1.29, 1.82) is 0 Å². The van der Waals surface area contributed by atoms with Crippen LogP contribution in [-0.2, 0) is 4.74 Å². The summed E-state index contributed by atoms with van der Waals surface area (Å²) in [6.45, 7) is 10.6. The summed E-state index contributed by atoms with van der Waals surface area (Å²) in [5.74, 6) is 0.578. The molecule has 19 heavy (non-hydrogen) atoms. The largest absolute Gasteiger partial charge is 0.378 e. The molecule has 1 heterocycles. The highest BCUT2D eigenvalue weighted by molar-refractivity contribution is 9.10. The molecule has 1 aromatic rings. The van der Waals surface area contributed by atoms with Crippen LogP contribution in [0.4, 0.5) is 0 Å². The molecule has 0 aliphatic carbocycles. The molecule has 1 aromatic carbocycles. The topological polar surface area (TPSA) is 21.3 Å². The molecule has 1 fully saturated rings. The third-order valence-corrected chi connectivity index (χ3v) is 4.86. The van der Waals surface area contributed by atoms with Crippen molar-refractivity contribution in [2.45, 2.75) is 46.3 Å². The van der Waals surface area contributed by atoms with Crippen molar-refractivity contribution in [3.63, 3.8) is 0 Å². The summed E-state index contributed by atoms with van der Waals surface area (Å²) >= 11 is 3.62. The summed E-state index contributed by atoms with van der Waals surface area (Å²) in [6.07, 6.45) is 1.54. The molecule has 2 rings (SSSR count). The first-order valence-corrected chi connectivity index (χ1v) is 7.93. The molecule has 1 N–H and O–H groups in total. The monoisotopic (exact) mass is 325 g/mol. The molecule has 0 aromatic heterocycles. The van der Waals surface area contributed by atoms with Crippen LogP contribution in [0.25, 0.3) is 0 Å². The maximum Gasteiger partial charge on any atom is 0.0551 e. The normalized spacial score (nSPS) is 24.7. The van der Waals surface area contributed by atoms with Crippen LogP contribution in [0.1, 0.15) is 43.0 Å². The van der Waals surface area contributed by atoms with Gasteiger partial charge >= 0.3 is 0 Å². The zero-order valence-corrected chi connectivity index (χ0v) is 13.9. The molecular weight excluding hydrogens is 302 g/mol. The molecule has 1 saturated heterocycles. The number of rotatable bonds is 4. The molecule has 0 saturated carbocycles. The van der Waals surface area contributed by atoms with Gasteiger partial charge in [0.05, 0.1) is 12.7 Å². The van der Waals surface area contributed by atoms with E-state index < -0.39 is 0 Å².